The monoisotopic (exact) mass is 337 g/mol. The van der Waals surface area contributed by atoms with E-state index in [0.717, 1.165) is 25.1 Å². The summed E-state index contributed by atoms with van der Waals surface area (Å²) in [5.41, 5.74) is 1.52. The molecule has 0 saturated heterocycles. The Balaban J connectivity index is 1.48. The van der Waals surface area contributed by atoms with Gasteiger partial charge in [0.05, 0.1) is 23.9 Å². The SMILES string of the molecule is C[C@@H](c1ccccn1)N(C(=O)c1ccc(OCC2CC2)nc1)C1CC1. The maximum absolute atomic E-state index is 13.0. The number of pyridine rings is 2. The fraction of sp³-hybridized carbons (Fsp3) is 0.450. The van der Waals surface area contributed by atoms with E-state index in [9.17, 15) is 4.79 Å². The number of nitrogens with zero attached hydrogens (tertiary/aromatic N) is 3. The Morgan fingerprint density at radius 1 is 1.20 bits per heavy atom. The van der Waals surface area contributed by atoms with E-state index in [2.05, 4.69) is 9.97 Å². The third-order valence-electron chi connectivity index (χ3n) is 4.85. The molecule has 0 radical (unpaired) electrons. The van der Waals surface area contributed by atoms with Crippen LogP contribution in [-0.2, 0) is 0 Å². The van der Waals surface area contributed by atoms with Crippen molar-refractivity contribution in [1.29, 1.82) is 0 Å². The first-order valence-electron chi connectivity index (χ1n) is 9.05. The van der Waals surface area contributed by atoms with Crippen LogP contribution in [0, 0.1) is 5.92 Å². The number of carbonyl (C=O) groups excluding carboxylic acids is 1. The van der Waals surface area contributed by atoms with Crippen LogP contribution in [0.3, 0.4) is 0 Å². The molecule has 25 heavy (non-hydrogen) atoms. The van der Waals surface area contributed by atoms with Gasteiger partial charge < -0.3 is 9.64 Å². The van der Waals surface area contributed by atoms with Gasteiger partial charge >= 0.3 is 0 Å². The Labute approximate surface area is 148 Å². The van der Waals surface area contributed by atoms with Crippen molar-refractivity contribution in [3.05, 3.63) is 54.0 Å². The highest BCUT2D eigenvalue weighted by Gasteiger charge is 2.37. The Morgan fingerprint density at radius 2 is 2.04 bits per heavy atom. The maximum atomic E-state index is 13.0. The summed E-state index contributed by atoms with van der Waals surface area (Å²) in [5.74, 6) is 1.30. The summed E-state index contributed by atoms with van der Waals surface area (Å²) in [5, 5.41) is 0. The van der Waals surface area contributed by atoms with Gasteiger partial charge in [-0.3, -0.25) is 9.78 Å². The molecule has 5 heteroatoms. The summed E-state index contributed by atoms with van der Waals surface area (Å²) in [6, 6.07) is 9.69. The number of aromatic nitrogens is 2. The first kappa shape index (κ1) is 16.1. The molecule has 2 aliphatic carbocycles. The van der Waals surface area contributed by atoms with Crippen LogP contribution in [0.2, 0.25) is 0 Å². The van der Waals surface area contributed by atoms with E-state index in [4.69, 9.17) is 4.74 Å². The average molecular weight is 337 g/mol. The van der Waals surface area contributed by atoms with Gasteiger partial charge in [-0.1, -0.05) is 6.07 Å². The van der Waals surface area contributed by atoms with Gasteiger partial charge in [-0.05, 0) is 56.7 Å². The molecule has 0 bridgehead atoms. The van der Waals surface area contributed by atoms with Gasteiger partial charge in [-0.25, -0.2) is 4.98 Å². The molecule has 2 heterocycles. The average Bonchev–Trinajstić information content (AvgIpc) is 3.55. The third kappa shape index (κ3) is 3.81. The molecule has 5 nitrogen and oxygen atoms in total. The summed E-state index contributed by atoms with van der Waals surface area (Å²) < 4.78 is 5.66. The van der Waals surface area contributed by atoms with E-state index in [1.54, 1.807) is 18.5 Å². The van der Waals surface area contributed by atoms with E-state index in [1.165, 1.54) is 12.8 Å². The van der Waals surface area contributed by atoms with Crippen LogP contribution >= 0.6 is 0 Å². The predicted molar refractivity (Wildman–Crippen MR) is 94.3 cm³/mol. The zero-order chi connectivity index (χ0) is 17.2. The first-order chi connectivity index (χ1) is 12.2. The molecule has 2 fully saturated rings. The summed E-state index contributed by atoms with van der Waals surface area (Å²) in [6.45, 7) is 2.77. The van der Waals surface area contributed by atoms with Crippen LogP contribution in [0.4, 0.5) is 0 Å². The highest BCUT2D eigenvalue weighted by molar-refractivity contribution is 5.94. The van der Waals surface area contributed by atoms with Crippen LogP contribution in [0.1, 0.15) is 54.7 Å². The van der Waals surface area contributed by atoms with Crippen LogP contribution < -0.4 is 4.74 Å². The second kappa shape index (κ2) is 6.82. The summed E-state index contributed by atoms with van der Waals surface area (Å²) in [6.07, 6.45) is 8.01. The van der Waals surface area contributed by atoms with Crippen molar-refractivity contribution in [2.45, 2.75) is 44.7 Å². The van der Waals surface area contributed by atoms with E-state index in [1.807, 2.05) is 36.1 Å². The van der Waals surface area contributed by atoms with Gasteiger partial charge in [-0.15, -0.1) is 0 Å². The van der Waals surface area contributed by atoms with Crippen molar-refractivity contribution in [2.24, 2.45) is 5.92 Å². The smallest absolute Gasteiger partial charge is 0.256 e. The molecular formula is C20H23N3O2. The minimum absolute atomic E-state index is 0.0156. The van der Waals surface area contributed by atoms with Crippen molar-refractivity contribution >= 4 is 5.91 Å². The molecule has 1 amide bonds. The lowest BCUT2D eigenvalue weighted by Gasteiger charge is -2.29. The van der Waals surface area contributed by atoms with E-state index >= 15 is 0 Å². The Kier molecular flexibility index (Phi) is 4.38. The van der Waals surface area contributed by atoms with Gasteiger partial charge in [-0.2, -0.15) is 0 Å². The van der Waals surface area contributed by atoms with E-state index in [0.29, 0.717) is 23.4 Å². The van der Waals surface area contributed by atoms with E-state index in [-0.39, 0.29) is 11.9 Å². The number of hydrogen-bond acceptors (Lipinski definition) is 4. The van der Waals surface area contributed by atoms with Gasteiger partial charge in [0.15, 0.2) is 0 Å². The number of hydrogen-bond donors (Lipinski definition) is 0. The standard InChI is InChI=1S/C20H23N3O2/c1-14(18-4-2-3-11-21-18)23(17-8-9-17)20(24)16-7-10-19(22-12-16)25-13-15-5-6-15/h2-4,7,10-12,14-15,17H,5-6,8-9,13H2,1H3/t14-/m0/s1. The van der Waals surface area contributed by atoms with Gasteiger partial charge in [0.1, 0.15) is 0 Å². The fourth-order valence-corrected chi connectivity index (χ4v) is 3.01. The van der Waals surface area contributed by atoms with Crippen molar-refractivity contribution in [3.63, 3.8) is 0 Å². The van der Waals surface area contributed by atoms with Crippen LogP contribution in [0.25, 0.3) is 0 Å². The Bertz CT molecular complexity index is 724. The Hall–Kier alpha value is -2.43. The number of amides is 1. The lowest BCUT2D eigenvalue weighted by molar-refractivity contribution is 0.0669. The molecule has 0 aliphatic heterocycles. The largest absolute Gasteiger partial charge is 0.477 e. The molecule has 2 aromatic rings. The van der Waals surface area contributed by atoms with Crippen molar-refractivity contribution in [1.82, 2.24) is 14.9 Å². The third-order valence-corrected chi connectivity index (χ3v) is 4.85. The molecule has 0 spiro atoms. The second-order valence-electron chi connectivity index (χ2n) is 7.01. The number of carbonyl (C=O) groups is 1. The van der Waals surface area contributed by atoms with Gasteiger partial charge in [0.2, 0.25) is 5.88 Å². The molecule has 0 unspecified atom stereocenters. The minimum Gasteiger partial charge on any atom is -0.477 e. The quantitative estimate of drug-likeness (QED) is 0.774. The van der Waals surface area contributed by atoms with Crippen molar-refractivity contribution in [3.8, 4) is 5.88 Å². The number of rotatable bonds is 7. The first-order valence-corrected chi connectivity index (χ1v) is 9.05. The highest BCUT2D eigenvalue weighted by atomic mass is 16.5. The molecule has 1 atom stereocenters. The van der Waals surface area contributed by atoms with Crippen molar-refractivity contribution < 1.29 is 9.53 Å². The molecule has 2 aromatic heterocycles. The zero-order valence-electron chi connectivity index (χ0n) is 14.5. The van der Waals surface area contributed by atoms with Crippen LogP contribution in [0.5, 0.6) is 5.88 Å². The Morgan fingerprint density at radius 3 is 2.64 bits per heavy atom. The second-order valence-corrected chi connectivity index (χ2v) is 7.01. The normalized spacial score (nSPS) is 17.8. The highest BCUT2D eigenvalue weighted by Crippen LogP contribution is 2.35. The summed E-state index contributed by atoms with van der Waals surface area (Å²) in [7, 11) is 0. The van der Waals surface area contributed by atoms with Crippen LogP contribution in [0.15, 0.2) is 42.7 Å². The van der Waals surface area contributed by atoms with Gasteiger partial charge in [0.25, 0.3) is 5.91 Å². The van der Waals surface area contributed by atoms with Gasteiger partial charge in [0, 0.05) is 24.5 Å². The molecule has 0 aromatic carbocycles. The maximum Gasteiger partial charge on any atom is 0.256 e. The zero-order valence-corrected chi connectivity index (χ0v) is 14.5. The molecular weight excluding hydrogens is 314 g/mol. The molecule has 130 valence electrons. The molecule has 0 N–H and O–H groups in total. The lowest BCUT2D eigenvalue weighted by Crippen LogP contribution is -2.36. The van der Waals surface area contributed by atoms with E-state index < -0.39 is 0 Å². The van der Waals surface area contributed by atoms with Crippen molar-refractivity contribution in [2.75, 3.05) is 6.61 Å². The minimum atomic E-state index is -0.0491. The topological polar surface area (TPSA) is 55.3 Å². The summed E-state index contributed by atoms with van der Waals surface area (Å²) in [4.78, 5) is 23.7. The summed E-state index contributed by atoms with van der Waals surface area (Å²) >= 11 is 0. The predicted octanol–water partition coefficient (Wildman–Crippen LogP) is 3.63. The van der Waals surface area contributed by atoms with Crippen LogP contribution in [-0.4, -0.2) is 33.4 Å². The fourth-order valence-electron chi connectivity index (χ4n) is 3.01. The molecule has 2 aliphatic rings. The lowest BCUT2D eigenvalue weighted by atomic mass is 10.1. The molecule has 2 saturated carbocycles. The molecule has 4 rings (SSSR count). The number of ether oxygens (including phenoxy) is 1.